The van der Waals surface area contributed by atoms with Crippen molar-refractivity contribution in [2.24, 2.45) is 5.41 Å². The summed E-state index contributed by atoms with van der Waals surface area (Å²) < 4.78 is 12.9. The predicted molar refractivity (Wildman–Crippen MR) is 87.1 cm³/mol. The van der Waals surface area contributed by atoms with Crippen molar-refractivity contribution >= 4 is 11.8 Å². The van der Waals surface area contributed by atoms with Crippen molar-refractivity contribution in [3.05, 3.63) is 35.6 Å². The van der Waals surface area contributed by atoms with Crippen molar-refractivity contribution in [1.29, 1.82) is 0 Å². The minimum Gasteiger partial charge on any atom is -0.351 e. The highest BCUT2D eigenvalue weighted by Gasteiger charge is 2.39. The van der Waals surface area contributed by atoms with Crippen molar-refractivity contribution in [2.45, 2.75) is 46.1 Å². The van der Waals surface area contributed by atoms with Gasteiger partial charge in [0, 0.05) is 19.6 Å². The zero-order chi connectivity index (χ0) is 16.9. The van der Waals surface area contributed by atoms with Gasteiger partial charge in [-0.15, -0.1) is 0 Å². The first kappa shape index (κ1) is 17.4. The van der Waals surface area contributed by atoms with E-state index < -0.39 is 5.41 Å². The first-order valence-electron chi connectivity index (χ1n) is 8.23. The Balaban J connectivity index is 1.95. The molecule has 0 spiro atoms. The van der Waals surface area contributed by atoms with E-state index in [1.165, 1.54) is 12.1 Å². The molecule has 2 rings (SSSR count). The molecule has 126 valence electrons. The van der Waals surface area contributed by atoms with E-state index in [1.54, 1.807) is 26.0 Å². The van der Waals surface area contributed by atoms with Crippen LogP contribution in [0.1, 0.15) is 45.1 Å². The number of rotatable bonds is 4. The largest absolute Gasteiger partial charge is 0.351 e. The molecule has 2 amide bonds. The lowest BCUT2D eigenvalue weighted by molar-refractivity contribution is -0.148. The first-order valence-corrected chi connectivity index (χ1v) is 8.23. The maximum absolute atomic E-state index is 12.9. The Morgan fingerprint density at radius 2 is 1.65 bits per heavy atom. The molecule has 1 heterocycles. The van der Waals surface area contributed by atoms with Gasteiger partial charge < -0.3 is 10.2 Å². The van der Waals surface area contributed by atoms with Crippen molar-refractivity contribution in [3.63, 3.8) is 0 Å². The molecule has 1 fully saturated rings. The van der Waals surface area contributed by atoms with E-state index in [1.807, 2.05) is 4.90 Å². The lowest BCUT2D eigenvalue weighted by Crippen LogP contribution is -2.49. The van der Waals surface area contributed by atoms with Crippen LogP contribution in [0, 0.1) is 11.2 Å². The molecular formula is C18H25FN2O2. The van der Waals surface area contributed by atoms with Crippen LogP contribution in [-0.4, -0.2) is 29.8 Å². The summed E-state index contributed by atoms with van der Waals surface area (Å²) in [6.45, 7) is 5.08. The number of nitrogens with one attached hydrogen (secondary N) is 1. The molecule has 0 saturated carbocycles. The molecule has 0 aliphatic carbocycles. The highest BCUT2D eigenvalue weighted by atomic mass is 19.1. The minimum atomic E-state index is -1.09. The van der Waals surface area contributed by atoms with E-state index in [0.29, 0.717) is 0 Å². The van der Waals surface area contributed by atoms with Gasteiger partial charge in [0.1, 0.15) is 11.2 Å². The van der Waals surface area contributed by atoms with Crippen LogP contribution < -0.4 is 5.32 Å². The van der Waals surface area contributed by atoms with Crippen molar-refractivity contribution in [2.75, 3.05) is 13.1 Å². The van der Waals surface area contributed by atoms with Gasteiger partial charge in [-0.25, -0.2) is 4.39 Å². The molecule has 0 atom stereocenters. The summed E-state index contributed by atoms with van der Waals surface area (Å²) in [5.41, 5.74) is -0.289. The molecule has 1 saturated heterocycles. The second-order valence-corrected chi connectivity index (χ2v) is 6.64. The van der Waals surface area contributed by atoms with Gasteiger partial charge in [-0.3, -0.25) is 9.59 Å². The fourth-order valence-corrected chi connectivity index (χ4v) is 2.77. The van der Waals surface area contributed by atoms with Crippen LogP contribution in [0.2, 0.25) is 0 Å². The standard InChI is InChI=1S/C18H25FN2O2/c1-18(2,17(23)21-11-5-3-4-6-12-21)16(22)20-13-14-7-9-15(19)10-8-14/h7-10H,3-6,11-13H2,1-2H3,(H,20,22). The second-order valence-electron chi connectivity index (χ2n) is 6.64. The summed E-state index contributed by atoms with van der Waals surface area (Å²) >= 11 is 0. The zero-order valence-corrected chi connectivity index (χ0v) is 13.9. The third kappa shape index (κ3) is 4.53. The molecule has 0 unspecified atom stereocenters. The van der Waals surface area contributed by atoms with Crippen molar-refractivity contribution in [1.82, 2.24) is 10.2 Å². The minimum absolute atomic E-state index is 0.115. The van der Waals surface area contributed by atoms with Crippen LogP contribution >= 0.6 is 0 Å². The number of halogens is 1. The SMILES string of the molecule is CC(C)(C(=O)NCc1ccc(F)cc1)C(=O)N1CCCCCC1. The third-order valence-electron chi connectivity index (χ3n) is 4.36. The normalized spacial score (nSPS) is 15.9. The van der Waals surface area contributed by atoms with Crippen LogP contribution in [0.5, 0.6) is 0 Å². The second kappa shape index (κ2) is 7.57. The predicted octanol–water partition coefficient (Wildman–Crippen LogP) is 2.87. The Labute approximate surface area is 137 Å². The molecule has 1 aliphatic heterocycles. The number of carbonyl (C=O) groups is 2. The number of hydrogen-bond donors (Lipinski definition) is 1. The number of benzene rings is 1. The molecular weight excluding hydrogens is 295 g/mol. The molecule has 1 aromatic carbocycles. The number of nitrogens with zero attached hydrogens (tertiary/aromatic N) is 1. The van der Waals surface area contributed by atoms with Gasteiger partial charge in [-0.1, -0.05) is 25.0 Å². The van der Waals surface area contributed by atoms with Crippen LogP contribution in [0.4, 0.5) is 4.39 Å². The fourth-order valence-electron chi connectivity index (χ4n) is 2.77. The van der Waals surface area contributed by atoms with E-state index >= 15 is 0 Å². The van der Waals surface area contributed by atoms with Crippen molar-refractivity contribution in [3.8, 4) is 0 Å². The topological polar surface area (TPSA) is 49.4 Å². The van der Waals surface area contributed by atoms with Gasteiger partial charge in [0.25, 0.3) is 0 Å². The molecule has 5 heteroatoms. The highest BCUT2D eigenvalue weighted by Crippen LogP contribution is 2.22. The summed E-state index contributed by atoms with van der Waals surface area (Å²) in [7, 11) is 0. The van der Waals surface area contributed by atoms with Gasteiger partial charge in [0.2, 0.25) is 11.8 Å². The van der Waals surface area contributed by atoms with Crippen LogP contribution in [0.25, 0.3) is 0 Å². The molecule has 1 N–H and O–H groups in total. The maximum Gasteiger partial charge on any atom is 0.237 e. The summed E-state index contributed by atoms with van der Waals surface area (Å²) in [4.78, 5) is 26.9. The maximum atomic E-state index is 12.9. The molecule has 0 radical (unpaired) electrons. The van der Waals surface area contributed by atoms with Gasteiger partial charge in [0.05, 0.1) is 0 Å². The van der Waals surface area contributed by atoms with E-state index in [0.717, 1.165) is 44.3 Å². The molecule has 1 aromatic rings. The molecule has 0 bridgehead atoms. The zero-order valence-electron chi connectivity index (χ0n) is 13.9. The highest BCUT2D eigenvalue weighted by molar-refractivity contribution is 6.04. The monoisotopic (exact) mass is 320 g/mol. The molecule has 4 nitrogen and oxygen atoms in total. The average molecular weight is 320 g/mol. The number of hydrogen-bond acceptors (Lipinski definition) is 2. The Kier molecular flexibility index (Phi) is 5.74. The molecule has 0 aromatic heterocycles. The Morgan fingerprint density at radius 3 is 2.22 bits per heavy atom. The van der Waals surface area contributed by atoms with Crippen LogP contribution in [0.15, 0.2) is 24.3 Å². The molecule has 1 aliphatic rings. The Morgan fingerprint density at radius 1 is 1.09 bits per heavy atom. The Bertz CT molecular complexity index is 547. The summed E-state index contributed by atoms with van der Waals surface area (Å²) in [5, 5.41) is 2.79. The summed E-state index contributed by atoms with van der Waals surface area (Å²) in [6, 6.07) is 5.96. The van der Waals surface area contributed by atoms with E-state index in [9.17, 15) is 14.0 Å². The van der Waals surface area contributed by atoms with E-state index in [4.69, 9.17) is 0 Å². The number of carbonyl (C=O) groups excluding carboxylic acids is 2. The van der Waals surface area contributed by atoms with Crippen LogP contribution in [-0.2, 0) is 16.1 Å². The first-order chi connectivity index (χ1) is 10.9. The smallest absolute Gasteiger partial charge is 0.237 e. The average Bonchev–Trinajstić information content (AvgIpc) is 2.82. The Hall–Kier alpha value is -1.91. The van der Waals surface area contributed by atoms with Gasteiger partial charge >= 0.3 is 0 Å². The fraction of sp³-hybridized carbons (Fsp3) is 0.556. The van der Waals surface area contributed by atoms with Gasteiger partial charge in [-0.05, 0) is 44.4 Å². The summed E-state index contributed by atoms with van der Waals surface area (Å²) in [5.74, 6) is -0.719. The van der Waals surface area contributed by atoms with Gasteiger partial charge in [0.15, 0.2) is 0 Å². The lowest BCUT2D eigenvalue weighted by atomic mass is 9.90. The van der Waals surface area contributed by atoms with Gasteiger partial charge in [-0.2, -0.15) is 0 Å². The summed E-state index contributed by atoms with van der Waals surface area (Å²) in [6.07, 6.45) is 4.28. The van der Waals surface area contributed by atoms with Crippen molar-refractivity contribution < 1.29 is 14.0 Å². The number of amides is 2. The lowest BCUT2D eigenvalue weighted by Gasteiger charge is -2.30. The number of likely N-dealkylation sites (tertiary alicyclic amines) is 1. The molecule has 23 heavy (non-hydrogen) atoms. The van der Waals surface area contributed by atoms with Crippen LogP contribution in [0.3, 0.4) is 0 Å². The van der Waals surface area contributed by atoms with E-state index in [-0.39, 0.29) is 24.2 Å². The third-order valence-corrected chi connectivity index (χ3v) is 4.36. The van der Waals surface area contributed by atoms with E-state index in [2.05, 4.69) is 5.32 Å². The quantitative estimate of drug-likeness (QED) is 0.867.